The van der Waals surface area contributed by atoms with Crippen LogP contribution in [0.3, 0.4) is 0 Å². The number of unbranched alkanes of at least 4 members (excludes halogenated alkanes) is 1. The van der Waals surface area contributed by atoms with Crippen molar-refractivity contribution in [1.29, 1.82) is 0 Å². The number of nitrogens with one attached hydrogen (secondary N) is 2. The second-order valence-corrected chi connectivity index (χ2v) is 6.06. The Labute approximate surface area is 160 Å². The molecule has 4 N–H and O–H groups in total. The molecule has 0 aliphatic heterocycles. The standard InChI is InChI=1S/2C5H12ClNO.C4H10.2ClH/c2*1-7(2)4-5(8)3-6;1-3-4-2;;/h2*5,8H,3-4H2,1-2H3;3-4H2,1-2H3;2*1H. The highest BCUT2D eigenvalue weighted by atomic mass is 35.5. The van der Waals surface area contributed by atoms with E-state index in [1.807, 2.05) is 28.2 Å². The largest absolute Gasteiger partial charge is 1.00 e. The van der Waals surface area contributed by atoms with Gasteiger partial charge in [-0.2, -0.15) is 0 Å². The van der Waals surface area contributed by atoms with E-state index in [9.17, 15) is 0 Å². The van der Waals surface area contributed by atoms with Crippen molar-refractivity contribution >= 4 is 23.2 Å². The van der Waals surface area contributed by atoms with Gasteiger partial charge in [-0.25, -0.2) is 0 Å². The van der Waals surface area contributed by atoms with Gasteiger partial charge in [-0.15, -0.1) is 23.2 Å². The lowest BCUT2D eigenvalue weighted by Crippen LogP contribution is -3.07. The molecule has 4 nitrogen and oxygen atoms in total. The van der Waals surface area contributed by atoms with Crippen LogP contribution >= 0.6 is 23.2 Å². The minimum Gasteiger partial charge on any atom is -1.00 e. The van der Waals surface area contributed by atoms with Crippen molar-refractivity contribution in [3.05, 3.63) is 0 Å². The fourth-order valence-corrected chi connectivity index (χ4v) is 1.27. The molecule has 142 valence electrons. The molecule has 0 bridgehead atoms. The van der Waals surface area contributed by atoms with E-state index in [4.69, 9.17) is 33.4 Å². The molecule has 0 aliphatic carbocycles. The Balaban J connectivity index is -0.0000000661. The first-order chi connectivity index (χ1) is 9.24. The van der Waals surface area contributed by atoms with E-state index in [-0.39, 0.29) is 37.0 Å². The molecule has 0 aliphatic rings. The van der Waals surface area contributed by atoms with Crippen molar-refractivity contribution in [1.82, 2.24) is 0 Å². The van der Waals surface area contributed by atoms with E-state index in [2.05, 4.69) is 13.8 Å². The first-order valence-corrected chi connectivity index (χ1v) is 8.37. The van der Waals surface area contributed by atoms with Crippen LogP contribution in [0.5, 0.6) is 0 Å². The Kier molecular flexibility index (Phi) is 42.0. The topological polar surface area (TPSA) is 49.3 Å². The summed E-state index contributed by atoms with van der Waals surface area (Å²) in [5, 5.41) is 17.8. The van der Waals surface area contributed by atoms with Crippen molar-refractivity contribution in [3.63, 3.8) is 0 Å². The molecule has 8 heteroatoms. The van der Waals surface area contributed by atoms with Gasteiger partial charge in [0.15, 0.2) is 0 Å². The Hall–Kier alpha value is 1.00. The SMILES string of the molecule is CCCC.C[NH+](C)CC(O)CCl.C[NH+](C)CC(O)CCl.[Cl-].[Cl-]. The number of alkyl halides is 2. The quantitative estimate of drug-likeness (QED) is 0.318. The maximum absolute atomic E-state index is 8.88. The molecule has 0 aromatic carbocycles. The van der Waals surface area contributed by atoms with Crippen LogP contribution in [0.2, 0.25) is 0 Å². The van der Waals surface area contributed by atoms with Crippen molar-refractivity contribution in [2.45, 2.75) is 38.9 Å². The van der Waals surface area contributed by atoms with Gasteiger partial charge in [0.05, 0.1) is 40.0 Å². The maximum atomic E-state index is 8.88. The third kappa shape index (κ3) is 42.9. The van der Waals surface area contributed by atoms with Crippen LogP contribution in [0.4, 0.5) is 0 Å². The first-order valence-electron chi connectivity index (χ1n) is 7.31. The lowest BCUT2D eigenvalue weighted by molar-refractivity contribution is -0.861. The van der Waals surface area contributed by atoms with Gasteiger partial charge in [0.1, 0.15) is 25.3 Å². The molecule has 0 aromatic heterocycles. The summed E-state index contributed by atoms with van der Waals surface area (Å²) >= 11 is 10.7. The summed E-state index contributed by atoms with van der Waals surface area (Å²) in [6, 6.07) is 0. The molecular formula is C14H36Cl4N2O2. The van der Waals surface area contributed by atoms with Gasteiger partial charge in [-0.3, -0.25) is 0 Å². The van der Waals surface area contributed by atoms with E-state index >= 15 is 0 Å². The lowest BCUT2D eigenvalue weighted by Gasteiger charge is -2.09. The molecule has 0 radical (unpaired) electrons. The second kappa shape index (κ2) is 26.9. The van der Waals surface area contributed by atoms with Crippen LogP contribution in [0.25, 0.3) is 0 Å². The number of quaternary nitrogens is 2. The molecule has 0 rings (SSSR count). The summed E-state index contributed by atoms with van der Waals surface area (Å²) in [6.45, 7) is 5.81. The molecule has 2 atom stereocenters. The molecule has 0 saturated carbocycles. The lowest BCUT2D eigenvalue weighted by atomic mass is 10.4. The third-order valence-electron chi connectivity index (χ3n) is 2.14. The zero-order chi connectivity index (χ0) is 16.6. The fourth-order valence-electron chi connectivity index (χ4n) is 1.05. The Morgan fingerprint density at radius 3 is 1.00 bits per heavy atom. The van der Waals surface area contributed by atoms with Crippen LogP contribution in [-0.4, -0.2) is 75.5 Å². The number of likely N-dealkylation sites (N-methyl/N-ethyl adjacent to an activating group) is 2. The third-order valence-corrected chi connectivity index (χ3v) is 2.86. The number of halogens is 4. The van der Waals surface area contributed by atoms with E-state index in [1.165, 1.54) is 22.6 Å². The Morgan fingerprint density at radius 1 is 0.727 bits per heavy atom. The van der Waals surface area contributed by atoms with Gasteiger partial charge in [-0.05, 0) is 0 Å². The van der Waals surface area contributed by atoms with E-state index in [0.717, 1.165) is 13.1 Å². The predicted molar refractivity (Wildman–Crippen MR) is 89.4 cm³/mol. The summed E-state index contributed by atoms with van der Waals surface area (Å²) in [5.74, 6) is 0.677. The van der Waals surface area contributed by atoms with E-state index in [1.54, 1.807) is 0 Å². The van der Waals surface area contributed by atoms with Gasteiger partial charge in [0.25, 0.3) is 0 Å². The van der Waals surface area contributed by atoms with Gasteiger partial charge in [0.2, 0.25) is 0 Å². The highest BCUT2D eigenvalue weighted by Gasteiger charge is 2.04. The highest BCUT2D eigenvalue weighted by Crippen LogP contribution is 1.81. The molecule has 0 fully saturated rings. The van der Waals surface area contributed by atoms with Gasteiger partial charge in [-0.1, -0.05) is 26.7 Å². The summed E-state index contributed by atoms with van der Waals surface area (Å²) in [5.41, 5.74) is 0. The Morgan fingerprint density at radius 2 is 0.955 bits per heavy atom. The minimum atomic E-state index is -0.346. The van der Waals surface area contributed by atoms with Crippen molar-refractivity contribution in [2.75, 3.05) is 53.0 Å². The molecule has 22 heavy (non-hydrogen) atoms. The van der Waals surface area contributed by atoms with Gasteiger partial charge < -0.3 is 44.8 Å². The van der Waals surface area contributed by atoms with E-state index < -0.39 is 0 Å². The van der Waals surface area contributed by atoms with Crippen LogP contribution in [0, 0.1) is 0 Å². The summed E-state index contributed by atoms with van der Waals surface area (Å²) in [7, 11) is 7.93. The zero-order valence-corrected chi connectivity index (χ0v) is 17.8. The normalized spacial score (nSPS) is 12.0. The summed E-state index contributed by atoms with van der Waals surface area (Å²) in [4.78, 5) is 2.44. The first kappa shape index (κ1) is 34.4. The molecule has 2 unspecified atom stereocenters. The predicted octanol–water partition coefficient (Wildman–Crippen LogP) is -6.72. The molecule has 0 saturated heterocycles. The van der Waals surface area contributed by atoms with Crippen LogP contribution in [-0.2, 0) is 0 Å². The fraction of sp³-hybridized carbons (Fsp3) is 1.00. The Bertz CT molecular complexity index is 161. The zero-order valence-electron chi connectivity index (χ0n) is 14.8. The molecule has 0 spiro atoms. The molecule has 0 amide bonds. The molecule has 0 aromatic rings. The second-order valence-electron chi connectivity index (χ2n) is 5.44. The number of hydrogen-bond acceptors (Lipinski definition) is 2. The number of aliphatic hydroxyl groups is 2. The summed E-state index contributed by atoms with van der Waals surface area (Å²) in [6.07, 6.45) is 1.95. The molecular weight excluding hydrogens is 370 g/mol. The number of hydrogen-bond donors (Lipinski definition) is 4. The van der Waals surface area contributed by atoms with Crippen LogP contribution in [0.15, 0.2) is 0 Å². The van der Waals surface area contributed by atoms with E-state index in [0.29, 0.717) is 11.8 Å². The average molecular weight is 406 g/mol. The van der Waals surface area contributed by atoms with Crippen molar-refractivity contribution < 1.29 is 44.8 Å². The minimum absolute atomic E-state index is 0. The maximum Gasteiger partial charge on any atom is 0.116 e. The van der Waals surface area contributed by atoms with Crippen molar-refractivity contribution in [3.8, 4) is 0 Å². The van der Waals surface area contributed by atoms with Gasteiger partial charge >= 0.3 is 0 Å². The average Bonchev–Trinajstić information content (AvgIpc) is 2.38. The van der Waals surface area contributed by atoms with Crippen LogP contribution < -0.4 is 34.6 Å². The summed E-state index contributed by atoms with van der Waals surface area (Å²) < 4.78 is 0. The monoisotopic (exact) mass is 404 g/mol. The van der Waals surface area contributed by atoms with Crippen LogP contribution in [0.1, 0.15) is 26.7 Å². The smallest absolute Gasteiger partial charge is 0.116 e. The highest BCUT2D eigenvalue weighted by molar-refractivity contribution is 6.18. The number of aliphatic hydroxyl groups excluding tert-OH is 2. The van der Waals surface area contributed by atoms with Crippen molar-refractivity contribution in [2.24, 2.45) is 0 Å². The van der Waals surface area contributed by atoms with Gasteiger partial charge in [0, 0.05) is 0 Å². The molecule has 0 heterocycles. The number of rotatable bonds is 7.